The van der Waals surface area contributed by atoms with Crippen LogP contribution in [0.4, 0.5) is 4.39 Å². The zero-order chi connectivity index (χ0) is 13.3. The zero-order valence-electron chi connectivity index (χ0n) is 10.3. The predicted molar refractivity (Wildman–Crippen MR) is 65.2 cm³/mol. The maximum atomic E-state index is 13.8. The molecule has 0 atom stereocenters. The van der Waals surface area contributed by atoms with E-state index in [1.807, 2.05) is 0 Å². The van der Waals surface area contributed by atoms with E-state index in [1.54, 1.807) is 6.92 Å². The molecule has 0 bridgehead atoms. The smallest absolute Gasteiger partial charge is 0.303 e. The SMILES string of the molecule is C=C/C=C(OC)\C(F)=C(/C)CCCCC(=O)O. The third kappa shape index (κ3) is 6.56. The van der Waals surface area contributed by atoms with Gasteiger partial charge in [0.1, 0.15) is 0 Å². The number of unbranched alkanes of at least 4 members (excludes halogenated alkanes) is 1. The van der Waals surface area contributed by atoms with Crippen LogP contribution in [-0.4, -0.2) is 18.2 Å². The molecule has 0 aliphatic carbocycles. The molecular weight excluding hydrogens is 223 g/mol. The zero-order valence-corrected chi connectivity index (χ0v) is 10.3. The molecule has 0 aliphatic heterocycles. The number of carboxylic acids is 1. The van der Waals surface area contributed by atoms with Crippen molar-refractivity contribution in [2.75, 3.05) is 7.11 Å². The lowest BCUT2D eigenvalue weighted by Gasteiger charge is -2.07. The molecule has 0 spiro atoms. The number of rotatable bonds is 8. The van der Waals surface area contributed by atoms with E-state index in [-0.39, 0.29) is 12.2 Å². The molecule has 0 aromatic heterocycles. The van der Waals surface area contributed by atoms with Crippen LogP contribution in [-0.2, 0) is 9.53 Å². The van der Waals surface area contributed by atoms with Crippen LogP contribution in [0.25, 0.3) is 0 Å². The molecule has 4 heteroatoms. The Morgan fingerprint density at radius 2 is 2.00 bits per heavy atom. The quantitative estimate of drug-likeness (QED) is 0.402. The molecule has 1 N–H and O–H groups in total. The third-order valence-corrected chi connectivity index (χ3v) is 2.27. The summed E-state index contributed by atoms with van der Waals surface area (Å²) < 4.78 is 18.6. The van der Waals surface area contributed by atoms with Crippen LogP contribution in [0.3, 0.4) is 0 Å². The Morgan fingerprint density at radius 1 is 1.41 bits per heavy atom. The fraction of sp³-hybridized carbons (Fsp3) is 0.462. The van der Waals surface area contributed by atoms with Crippen LogP contribution >= 0.6 is 0 Å². The van der Waals surface area contributed by atoms with Crippen molar-refractivity contribution in [2.45, 2.75) is 32.6 Å². The van der Waals surface area contributed by atoms with Gasteiger partial charge in [0.2, 0.25) is 0 Å². The van der Waals surface area contributed by atoms with Crippen LogP contribution in [0.15, 0.2) is 35.9 Å². The van der Waals surface area contributed by atoms with Crippen LogP contribution < -0.4 is 0 Å². The molecule has 0 amide bonds. The van der Waals surface area contributed by atoms with Gasteiger partial charge in [0.15, 0.2) is 11.6 Å². The van der Waals surface area contributed by atoms with Gasteiger partial charge in [-0.15, -0.1) is 0 Å². The Hall–Kier alpha value is -1.58. The van der Waals surface area contributed by atoms with Crippen molar-refractivity contribution in [3.63, 3.8) is 0 Å². The molecule has 0 unspecified atom stereocenters. The monoisotopic (exact) mass is 242 g/mol. The van der Waals surface area contributed by atoms with E-state index >= 15 is 0 Å². The number of methoxy groups -OCH3 is 1. The summed E-state index contributed by atoms with van der Waals surface area (Å²) in [6.07, 6.45) is 4.75. The minimum Gasteiger partial charge on any atom is -0.494 e. The van der Waals surface area contributed by atoms with Crippen LogP contribution in [0, 0.1) is 0 Å². The van der Waals surface area contributed by atoms with Gasteiger partial charge >= 0.3 is 5.97 Å². The lowest BCUT2D eigenvalue weighted by molar-refractivity contribution is -0.137. The van der Waals surface area contributed by atoms with E-state index in [0.29, 0.717) is 24.8 Å². The van der Waals surface area contributed by atoms with Gasteiger partial charge in [-0.25, -0.2) is 4.39 Å². The average molecular weight is 242 g/mol. The molecule has 0 aromatic rings. The Kier molecular flexibility index (Phi) is 7.76. The van der Waals surface area contributed by atoms with Crippen molar-refractivity contribution in [1.29, 1.82) is 0 Å². The highest BCUT2D eigenvalue weighted by Gasteiger charge is 2.08. The van der Waals surface area contributed by atoms with E-state index in [9.17, 15) is 9.18 Å². The van der Waals surface area contributed by atoms with E-state index < -0.39 is 11.8 Å². The number of carboxylic acid groups (broad SMARTS) is 1. The molecule has 3 nitrogen and oxygen atoms in total. The second-order valence-corrected chi connectivity index (χ2v) is 3.67. The maximum absolute atomic E-state index is 13.8. The van der Waals surface area contributed by atoms with Crippen molar-refractivity contribution in [3.05, 3.63) is 35.9 Å². The minimum atomic E-state index is -0.823. The van der Waals surface area contributed by atoms with E-state index in [0.717, 1.165) is 0 Å². The number of allylic oxidation sites excluding steroid dienone is 4. The summed E-state index contributed by atoms with van der Waals surface area (Å²) in [5.74, 6) is -1.07. The number of hydrogen-bond donors (Lipinski definition) is 1. The fourth-order valence-corrected chi connectivity index (χ4v) is 1.32. The van der Waals surface area contributed by atoms with Gasteiger partial charge in [-0.3, -0.25) is 4.79 Å². The lowest BCUT2D eigenvalue weighted by Crippen LogP contribution is -1.95. The van der Waals surface area contributed by atoms with Gasteiger partial charge < -0.3 is 9.84 Å². The van der Waals surface area contributed by atoms with Crippen molar-refractivity contribution < 1.29 is 19.0 Å². The largest absolute Gasteiger partial charge is 0.494 e. The van der Waals surface area contributed by atoms with E-state index in [1.165, 1.54) is 19.3 Å². The van der Waals surface area contributed by atoms with Crippen LogP contribution in [0.5, 0.6) is 0 Å². The summed E-state index contributed by atoms with van der Waals surface area (Å²) in [6.45, 7) is 5.15. The Labute approximate surface area is 101 Å². The van der Waals surface area contributed by atoms with E-state index in [2.05, 4.69) is 6.58 Å². The van der Waals surface area contributed by atoms with Gasteiger partial charge in [0.05, 0.1) is 7.11 Å². The topological polar surface area (TPSA) is 46.5 Å². The van der Waals surface area contributed by atoms with Crippen LogP contribution in [0.1, 0.15) is 32.6 Å². The van der Waals surface area contributed by atoms with Crippen molar-refractivity contribution in [1.82, 2.24) is 0 Å². The first-order chi connectivity index (χ1) is 8.02. The molecule has 0 aliphatic rings. The number of halogens is 1. The summed E-state index contributed by atoms with van der Waals surface area (Å²) >= 11 is 0. The molecular formula is C13H19FO3. The van der Waals surface area contributed by atoms with E-state index in [4.69, 9.17) is 9.84 Å². The standard InChI is InChI=1S/C13H19FO3/c1-4-7-11(17-3)13(14)10(2)8-5-6-9-12(15)16/h4,7H,1,5-6,8-9H2,2-3H3,(H,15,16)/b11-7+,13-10-. The van der Waals surface area contributed by atoms with Crippen molar-refractivity contribution in [3.8, 4) is 0 Å². The second-order valence-electron chi connectivity index (χ2n) is 3.67. The first kappa shape index (κ1) is 15.4. The summed E-state index contributed by atoms with van der Waals surface area (Å²) in [5.41, 5.74) is 0.560. The first-order valence-electron chi connectivity index (χ1n) is 5.47. The summed E-state index contributed by atoms with van der Waals surface area (Å²) in [4.78, 5) is 10.3. The minimum absolute atomic E-state index is 0.120. The average Bonchev–Trinajstić information content (AvgIpc) is 2.30. The number of ether oxygens (including phenoxy) is 1. The molecule has 0 rings (SSSR count). The summed E-state index contributed by atoms with van der Waals surface area (Å²) in [6, 6.07) is 0. The molecule has 17 heavy (non-hydrogen) atoms. The molecule has 0 aromatic carbocycles. The Balaban J connectivity index is 4.33. The maximum Gasteiger partial charge on any atom is 0.303 e. The first-order valence-corrected chi connectivity index (χ1v) is 5.47. The van der Waals surface area contributed by atoms with Crippen LogP contribution in [0.2, 0.25) is 0 Å². The highest BCUT2D eigenvalue weighted by Crippen LogP contribution is 2.21. The van der Waals surface area contributed by atoms with Crippen molar-refractivity contribution in [2.24, 2.45) is 0 Å². The molecule has 96 valence electrons. The second kappa shape index (κ2) is 8.56. The lowest BCUT2D eigenvalue weighted by atomic mass is 10.1. The Bertz CT molecular complexity index is 330. The molecule has 0 radical (unpaired) electrons. The van der Waals surface area contributed by atoms with Gasteiger partial charge in [-0.2, -0.15) is 0 Å². The highest BCUT2D eigenvalue weighted by atomic mass is 19.1. The predicted octanol–water partition coefficient (Wildman–Crippen LogP) is 3.59. The number of hydrogen-bond acceptors (Lipinski definition) is 2. The summed E-state index contributed by atoms with van der Waals surface area (Å²) in [7, 11) is 1.40. The molecule has 0 heterocycles. The fourth-order valence-electron chi connectivity index (χ4n) is 1.32. The third-order valence-electron chi connectivity index (χ3n) is 2.27. The summed E-state index contributed by atoms with van der Waals surface area (Å²) in [5, 5.41) is 8.46. The van der Waals surface area contributed by atoms with Gasteiger partial charge in [-0.1, -0.05) is 12.7 Å². The Morgan fingerprint density at radius 3 is 2.47 bits per heavy atom. The molecule has 0 saturated carbocycles. The number of carbonyl (C=O) groups is 1. The molecule has 0 fully saturated rings. The van der Waals surface area contributed by atoms with Gasteiger partial charge in [0.25, 0.3) is 0 Å². The normalized spacial score (nSPS) is 13.0. The van der Waals surface area contributed by atoms with Gasteiger partial charge in [0, 0.05) is 6.42 Å². The number of aliphatic carboxylic acids is 1. The highest BCUT2D eigenvalue weighted by molar-refractivity contribution is 5.66. The van der Waals surface area contributed by atoms with Gasteiger partial charge in [-0.05, 0) is 37.8 Å². The molecule has 0 saturated heterocycles. The van der Waals surface area contributed by atoms with Crippen molar-refractivity contribution >= 4 is 5.97 Å².